The molecule has 3 rings (SSSR count). The van der Waals surface area contributed by atoms with Crippen LogP contribution < -0.4 is 0 Å². The van der Waals surface area contributed by atoms with Crippen molar-refractivity contribution in [3.63, 3.8) is 0 Å². The number of aliphatic carboxylic acids is 1. The normalized spacial score (nSPS) is 22.4. The fourth-order valence-electron chi connectivity index (χ4n) is 6.65. The highest BCUT2D eigenvalue weighted by molar-refractivity contribution is 7.86. The van der Waals surface area contributed by atoms with Crippen LogP contribution in [0.3, 0.4) is 0 Å². The van der Waals surface area contributed by atoms with Crippen LogP contribution in [0.5, 0.6) is 0 Å². The summed E-state index contributed by atoms with van der Waals surface area (Å²) in [5.41, 5.74) is 2.67. The Kier molecular flexibility index (Phi) is 13.5. The van der Waals surface area contributed by atoms with Gasteiger partial charge in [-0.3, -0.25) is 23.5 Å². The van der Waals surface area contributed by atoms with Gasteiger partial charge in [0.15, 0.2) is 5.71 Å². The summed E-state index contributed by atoms with van der Waals surface area (Å²) < 4.78 is 99.2. The summed E-state index contributed by atoms with van der Waals surface area (Å²) in [6.07, 6.45) is 8.64. The highest BCUT2D eigenvalue weighted by Crippen LogP contribution is 2.44. The number of benzene rings is 1. The number of nitrogens with zero attached hydrogens (tertiary/aromatic N) is 3. The lowest BCUT2D eigenvalue weighted by molar-refractivity contribution is -0.438. The average Bonchev–Trinajstić information content (AvgIpc) is 3.33. The lowest BCUT2D eigenvalue weighted by atomic mass is 9.75. The van der Waals surface area contributed by atoms with Gasteiger partial charge in [-0.25, -0.2) is 0 Å². The number of carboxylic acids is 1. The minimum absolute atomic E-state index is 0.0687. The predicted molar refractivity (Wildman–Crippen MR) is 187 cm³/mol. The molecule has 0 spiro atoms. The summed E-state index contributed by atoms with van der Waals surface area (Å²) >= 11 is 0. The van der Waals surface area contributed by atoms with Crippen molar-refractivity contribution in [2.24, 2.45) is 10.5 Å². The Labute approximate surface area is 289 Å². The number of para-hydroxylation sites is 1. The van der Waals surface area contributed by atoms with E-state index in [1.54, 1.807) is 11.9 Å². The van der Waals surface area contributed by atoms with Crippen LogP contribution in [0.2, 0.25) is 0 Å². The molecule has 2 aliphatic rings. The number of rotatable bonds is 20. The lowest BCUT2D eigenvalue weighted by Crippen LogP contribution is -2.32. The third-order valence-electron chi connectivity index (χ3n) is 9.27. The summed E-state index contributed by atoms with van der Waals surface area (Å²) in [5, 5.41) is 15.3. The van der Waals surface area contributed by atoms with E-state index in [-0.39, 0.29) is 32.2 Å². The van der Waals surface area contributed by atoms with E-state index in [0.717, 1.165) is 17.0 Å². The molecule has 0 amide bonds. The van der Waals surface area contributed by atoms with Crippen LogP contribution in [0.4, 0.5) is 5.69 Å². The van der Waals surface area contributed by atoms with Gasteiger partial charge in [-0.2, -0.15) is 34.9 Å². The molecule has 0 radical (unpaired) electrons. The number of fused-ring (bicyclic) bond motifs is 1. The molecule has 14 nitrogen and oxygen atoms in total. The summed E-state index contributed by atoms with van der Waals surface area (Å²) in [5.74, 6) is -2.18. The number of carbonyl (C=O) groups is 1. The van der Waals surface area contributed by atoms with E-state index in [1.165, 1.54) is 0 Å². The minimum atomic E-state index is -4.21. The van der Waals surface area contributed by atoms with Gasteiger partial charge < -0.3 is 5.11 Å². The molecule has 2 heterocycles. The van der Waals surface area contributed by atoms with Crippen LogP contribution in [-0.4, -0.2) is 101 Å². The fraction of sp³-hybridized carbons (Fsp3) is 0.594. The molecule has 0 saturated carbocycles. The van der Waals surface area contributed by atoms with E-state index in [1.807, 2.05) is 56.3 Å². The Morgan fingerprint density at radius 1 is 0.837 bits per heavy atom. The van der Waals surface area contributed by atoms with Crippen molar-refractivity contribution in [2.45, 2.75) is 84.0 Å². The van der Waals surface area contributed by atoms with E-state index in [4.69, 9.17) is 5.11 Å². The second-order valence-electron chi connectivity index (χ2n) is 13.1. The van der Waals surface area contributed by atoms with E-state index in [0.29, 0.717) is 50.1 Å². The first-order valence-electron chi connectivity index (χ1n) is 16.2. The monoisotopic (exact) mass is 746 g/mol. The molecule has 1 aromatic carbocycles. The Morgan fingerprint density at radius 2 is 1.41 bits per heavy atom. The Bertz CT molecular complexity index is 1830. The summed E-state index contributed by atoms with van der Waals surface area (Å²) in [6.45, 7) is 6.41. The molecule has 0 aliphatic carbocycles. The van der Waals surface area contributed by atoms with Crippen molar-refractivity contribution in [1.29, 1.82) is 0 Å². The van der Waals surface area contributed by atoms with Crippen molar-refractivity contribution >= 4 is 53.4 Å². The molecule has 0 aromatic heterocycles. The van der Waals surface area contributed by atoms with E-state index >= 15 is 0 Å². The lowest BCUT2D eigenvalue weighted by Gasteiger charge is -2.29. The van der Waals surface area contributed by atoms with Crippen LogP contribution in [0, 0.1) is 5.41 Å². The fourth-order valence-corrected chi connectivity index (χ4v) is 8.16. The number of allylic oxidation sites excluding steroid dienone is 4. The van der Waals surface area contributed by atoms with Crippen LogP contribution in [0.1, 0.15) is 84.1 Å². The number of hydrazone groups is 1. The van der Waals surface area contributed by atoms with Crippen molar-refractivity contribution in [2.75, 3.05) is 30.3 Å². The second kappa shape index (κ2) is 16.4. The molecule has 49 heavy (non-hydrogen) atoms. The zero-order valence-corrected chi connectivity index (χ0v) is 30.6. The van der Waals surface area contributed by atoms with Crippen molar-refractivity contribution in [3.05, 3.63) is 53.8 Å². The largest absolute Gasteiger partial charge is 0.481 e. The highest BCUT2D eigenvalue weighted by atomic mass is 32.2. The van der Waals surface area contributed by atoms with Crippen LogP contribution in [0.25, 0.3) is 0 Å². The first kappa shape index (κ1) is 40.5. The molecular formula is C32H48N3O11S3+. The number of carboxylic acid groups (broad SMARTS) is 1. The highest BCUT2D eigenvalue weighted by Gasteiger charge is 2.47. The molecule has 274 valence electrons. The minimum Gasteiger partial charge on any atom is -0.481 e. The van der Waals surface area contributed by atoms with Crippen molar-refractivity contribution in [1.82, 2.24) is 5.01 Å². The van der Waals surface area contributed by atoms with Gasteiger partial charge in [0.05, 0.1) is 22.7 Å². The topological polar surface area (TPSA) is 219 Å². The molecule has 0 fully saturated rings. The van der Waals surface area contributed by atoms with Gasteiger partial charge in [0.25, 0.3) is 30.4 Å². The van der Waals surface area contributed by atoms with Gasteiger partial charge in [-0.15, -0.1) is 0 Å². The summed E-state index contributed by atoms with van der Waals surface area (Å²) in [4.78, 5) is 11.0. The van der Waals surface area contributed by atoms with Gasteiger partial charge in [-0.1, -0.05) is 24.3 Å². The molecule has 0 saturated heterocycles. The summed E-state index contributed by atoms with van der Waals surface area (Å²) in [6, 6.07) is 7.77. The molecule has 2 atom stereocenters. The van der Waals surface area contributed by atoms with Crippen LogP contribution in [0.15, 0.2) is 53.3 Å². The zero-order chi connectivity index (χ0) is 36.7. The van der Waals surface area contributed by atoms with Crippen LogP contribution in [-0.2, 0) is 40.6 Å². The molecule has 0 bridgehead atoms. The second-order valence-corrected chi connectivity index (χ2v) is 17.8. The Balaban J connectivity index is 2.06. The predicted octanol–water partition coefficient (Wildman–Crippen LogP) is 4.44. The number of unbranched alkanes of at least 4 members (excludes halogenated alkanes) is 2. The Hall–Kier alpha value is -2.96. The van der Waals surface area contributed by atoms with Gasteiger partial charge in [0, 0.05) is 53.9 Å². The number of hydrogen-bond donors (Lipinski definition) is 4. The number of hydrogen-bond acceptors (Lipinski definition) is 9. The maximum absolute atomic E-state index is 11.6. The maximum Gasteiger partial charge on any atom is 0.303 e. The van der Waals surface area contributed by atoms with E-state index in [9.17, 15) is 43.7 Å². The third-order valence-corrected chi connectivity index (χ3v) is 11.7. The Morgan fingerprint density at radius 3 is 2.00 bits per heavy atom. The molecule has 17 heteroatoms. The molecule has 4 N–H and O–H groups in total. The molecular weight excluding hydrogens is 699 g/mol. The average molecular weight is 747 g/mol. The van der Waals surface area contributed by atoms with Gasteiger partial charge >= 0.3 is 5.97 Å². The van der Waals surface area contributed by atoms with E-state index < -0.39 is 64.4 Å². The first-order valence-corrected chi connectivity index (χ1v) is 21.0. The van der Waals surface area contributed by atoms with Crippen LogP contribution >= 0.6 is 0 Å². The van der Waals surface area contributed by atoms with Gasteiger partial charge in [0.1, 0.15) is 6.54 Å². The van der Waals surface area contributed by atoms with E-state index in [2.05, 4.69) is 9.68 Å². The molecule has 1 aromatic rings. The van der Waals surface area contributed by atoms with Gasteiger partial charge in [0.2, 0.25) is 5.69 Å². The first-order chi connectivity index (χ1) is 22.7. The van der Waals surface area contributed by atoms with Crippen molar-refractivity contribution in [3.8, 4) is 0 Å². The smallest absolute Gasteiger partial charge is 0.303 e. The SMILES string of the molecule is CC1=NN(CCCS(=O)(=O)O)/C(=C\C=C\C2=[N+](CCCCCC(=O)O)c3ccccc3C2(C)CCCS(=O)(=O)O)C1(C)CCCS(=O)(=O)O. The maximum atomic E-state index is 11.6. The quantitative estimate of drug-likeness (QED) is 0.0827. The third kappa shape index (κ3) is 11.5. The molecule has 2 aliphatic heterocycles. The van der Waals surface area contributed by atoms with Gasteiger partial charge in [-0.05, 0) is 71.8 Å². The molecule has 2 unspecified atom stereocenters. The summed E-state index contributed by atoms with van der Waals surface area (Å²) in [7, 11) is -12.6. The van der Waals surface area contributed by atoms with Crippen molar-refractivity contribution < 1.29 is 53.4 Å². The standard InChI is InChI=1S/C32H47N3O11S3/c1-25-31(2,18-10-22-47(38,39)40)29(35(33-25)21-12-24-49(44,45)46)16-9-15-28-32(3,19-11-23-48(41,42)43)26-13-6-7-14-27(26)34(28)20-8-4-5-17-30(36)37/h6-7,9,13-16H,4-5,8,10-12,17-24H2,1-3H3,(H3-,36,37,38,39,40,41,42,43,44,45,46)/p+1. The zero-order valence-electron chi connectivity index (χ0n) is 28.2.